The standard InChI is InChI=1S/C16H19NO4/c1-21-13-8-14(16(19)20)17(9-13)15(18)12-6-10-4-2-3-5-11(10)7-12/h2-5,12-14H,6-9H2,1H3,(H,19,20). The number of hydrogen-bond donors (Lipinski definition) is 1. The molecule has 2 unspecified atom stereocenters. The van der Waals surface area contributed by atoms with Crippen molar-refractivity contribution >= 4 is 11.9 Å². The minimum atomic E-state index is -0.946. The zero-order valence-electron chi connectivity index (χ0n) is 12.0. The van der Waals surface area contributed by atoms with Crippen LogP contribution in [-0.4, -0.2) is 47.7 Å². The Balaban J connectivity index is 1.75. The molecule has 0 saturated carbocycles. The van der Waals surface area contributed by atoms with Crippen molar-refractivity contribution in [3.8, 4) is 0 Å². The van der Waals surface area contributed by atoms with E-state index in [1.54, 1.807) is 7.11 Å². The first kappa shape index (κ1) is 14.1. The lowest BCUT2D eigenvalue weighted by Gasteiger charge is -2.24. The minimum Gasteiger partial charge on any atom is -0.480 e. The first-order valence-electron chi connectivity index (χ1n) is 7.23. The maximum Gasteiger partial charge on any atom is 0.326 e. The maximum absolute atomic E-state index is 12.7. The summed E-state index contributed by atoms with van der Waals surface area (Å²) >= 11 is 0. The van der Waals surface area contributed by atoms with Gasteiger partial charge in [-0.25, -0.2) is 4.79 Å². The molecule has 2 atom stereocenters. The molecule has 0 aromatic heterocycles. The highest BCUT2D eigenvalue weighted by molar-refractivity contribution is 5.86. The van der Waals surface area contributed by atoms with Crippen molar-refractivity contribution in [1.29, 1.82) is 0 Å². The van der Waals surface area contributed by atoms with Gasteiger partial charge in [-0.2, -0.15) is 0 Å². The predicted molar refractivity (Wildman–Crippen MR) is 75.9 cm³/mol. The van der Waals surface area contributed by atoms with E-state index in [1.165, 1.54) is 16.0 Å². The fourth-order valence-corrected chi connectivity index (χ4v) is 3.41. The number of carbonyl (C=O) groups excluding carboxylic acids is 1. The number of carboxylic acid groups (broad SMARTS) is 1. The Morgan fingerprint density at radius 3 is 2.38 bits per heavy atom. The molecule has 1 aliphatic heterocycles. The molecule has 0 radical (unpaired) electrons. The SMILES string of the molecule is COC1CC(C(=O)O)N(C(=O)C2Cc3ccccc3C2)C1. The van der Waals surface area contributed by atoms with E-state index in [-0.39, 0.29) is 17.9 Å². The molecule has 1 aromatic carbocycles. The van der Waals surface area contributed by atoms with Gasteiger partial charge in [-0.3, -0.25) is 4.79 Å². The molecule has 5 heteroatoms. The van der Waals surface area contributed by atoms with E-state index >= 15 is 0 Å². The van der Waals surface area contributed by atoms with Gasteiger partial charge in [0.15, 0.2) is 0 Å². The summed E-state index contributed by atoms with van der Waals surface area (Å²) in [6.07, 6.45) is 1.60. The molecule has 1 N–H and O–H groups in total. The van der Waals surface area contributed by atoms with E-state index in [0.29, 0.717) is 25.8 Å². The van der Waals surface area contributed by atoms with Crippen molar-refractivity contribution in [3.05, 3.63) is 35.4 Å². The van der Waals surface area contributed by atoms with Crippen LogP contribution in [0.3, 0.4) is 0 Å². The van der Waals surface area contributed by atoms with E-state index in [4.69, 9.17) is 4.74 Å². The van der Waals surface area contributed by atoms with Crippen molar-refractivity contribution in [3.63, 3.8) is 0 Å². The normalized spacial score (nSPS) is 25.1. The molecular formula is C16H19NO4. The maximum atomic E-state index is 12.7. The first-order valence-corrected chi connectivity index (χ1v) is 7.23. The van der Waals surface area contributed by atoms with Crippen LogP contribution < -0.4 is 0 Å². The number of ether oxygens (including phenoxy) is 1. The number of rotatable bonds is 3. The van der Waals surface area contributed by atoms with Gasteiger partial charge in [-0.15, -0.1) is 0 Å². The number of fused-ring (bicyclic) bond motifs is 1. The molecule has 0 spiro atoms. The van der Waals surface area contributed by atoms with Crippen LogP contribution in [0.15, 0.2) is 24.3 Å². The van der Waals surface area contributed by atoms with Gasteiger partial charge in [0.25, 0.3) is 0 Å². The quantitative estimate of drug-likeness (QED) is 0.905. The number of aliphatic carboxylic acids is 1. The van der Waals surface area contributed by atoms with Crippen molar-refractivity contribution < 1.29 is 19.4 Å². The summed E-state index contributed by atoms with van der Waals surface area (Å²) < 4.78 is 5.24. The Kier molecular flexibility index (Phi) is 3.68. The monoisotopic (exact) mass is 289 g/mol. The third kappa shape index (κ3) is 2.53. The Labute approximate surface area is 123 Å². The molecule has 0 bridgehead atoms. The lowest BCUT2D eigenvalue weighted by atomic mass is 10.0. The summed E-state index contributed by atoms with van der Waals surface area (Å²) in [4.78, 5) is 25.6. The molecule has 5 nitrogen and oxygen atoms in total. The van der Waals surface area contributed by atoms with Crippen molar-refractivity contribution in [2.45, 2.75) is 31.4 Å². The third-order valence-corrected chi connectivity index (χ3v) is 4.56. The van der Waals surface area contributed by atoms with Crippen LogP contribution >= 0.6 is 0 Å². The van der Waals surface area contributed by atoms with Gasteiger partial charge in [-0.05, 0) is 24.0 Å². The van der Waals surface area contributed by atoms with Crippen molar-refractivity contribution in [2.75, 3.05) is 13.7 Å². The second kappa shape index (κ2) is 5.48. The van der Waals surface area contributed by atoms with Gasteiger partial charge in [-0.1, -0.05) is 24.3 Å². The van der Waals surface area contributed by atoms with Crippen LogP contribution in [0.5, 0.6) is 0 Å². The Bertz CT molecular complexity index is 546. The number of nitrogens with zero attached hydrogens (tertiary/aromatic N) is 1. The zero-order valence-corrected chi connectivity index (χ0v) is 12.0. The second-order valence-corrected chi connectivity index (χ2v) is 5.81. The smallest absolute Gasteiger partial charge is 0.326 e. The van der Waals surface area contributed by atoms with Crippen molar-refractivity contribution in [2.24, 2.45) is 5.92 Å². The van der Waals surface area contributed by atoms with Crippen LogP contribution in [0.25, 0.3) is 0 Å². The van der Waals surface area contributed by atoms with Gasteiger partial charge in [0.05, 0.1) is 6.10 Å². The van der Waals surface area contributed by atoms with Crippen LogP contribution in [0.2, 0.25) is 0 Å². The van der Waals surface area contributed by atoms with E-state index in [0.717, 1.165) is 0 Å². The number of likely N-dealkylation sites (tertiary alicyclic amines) is 1. The van der Waals surface area contributed by atoms with Crippen LogP contribution in [-0.2, 0) is 27.2 Å². The van der Waals surface area contributed by atoms with Crippen molar-refractivity contribution in [1.82, 2.24) is 4.90 Å². The highest BCUT2D eigenvalue weighted by Crippen LogP contribution is 2.30. The topological polar surface area (TPSA) is 66.8 Å². The largest absolute Gasteiger partial charge is 0.480 e. The van der Waals surface area contributed by atoms with Gasteiger partial charge in [0, 0.05) is 26.0 Å². The molecule has 1 saturated heterocycles. The Morgan fingerprint density at radius 2 is 1.86 bits per heavy atom. The van der Waals surface area contributed by atoms with Crippen LogP contribution in [0.4, 0.5) is 0 Å². The van der Waals surface area contributed by atoms with Gasteiger partial charge < -0.3 is 14.7 Å². The summed E-state index contributed by atoms with van der Waals surface area (Å²) in [5, 5.41) is 9.31. The third-order valence-electron chi connectivity index (χ3n) is 4.56. The molecular weight excluding hydrogens is 270 g/mol. The molecule has 1 heterocycles. The minimum absolute atomic E-state index is 0.0573. The van der Waals surface area contributed by atoms with E-state index in [9.17, 15) is 14.7 Å². The van der Waals surface area contributed by atoms with Gasteiger partial charge in [0.2, 0.25) is 5.91 Å². The van der Waals surface area contributed by atoms with Gasteiger partial charge in [0.1, 0.15) is 6.04 Å². The number of hydrogen-bond acceptors (Lipinski definition) is 3. The predicted octanol–water partition coefficient (Wildman–Crippen LogP) is 1.10. The summed E-state index contributed by atoms with van der Waals surface area (Å²) in [5.41, 5.74) is 2.40. The molecule has 1 amide bonds. The van der Waals surface area contributed by atoms with E-state index in [1.807, 2.05) is 24.3 Å². The molecule has 112 valence electrons. The molecule has 21 heavy (non-hydrogen) atoms. The lowest BCUT2D eigenvalue weighted by Crippen LogP contribution is -2.44. The van der Waals surface area contributed by atoms with E-state index in [2.05, 4.69) is 0 Å². The summed E-state index contributed by atoms with van der Waals surface area (Å²) in [6.45, 7) is 0.374. The number of carboxylic acids is 1. The lowest BCUT2D eigenvalue weighted by molar-refractivity contribution is -0.149. The molecule has 2 aliphatic rings. The zero-order chi connectivity index (χ0) is 15.0. The highest BCUT2D eigenvalue weighted by atomic mass is 16.5. The summed E-state index contributed by atoms with van der Waals surface area (Å²) in [6, 6.07) is 7.27. The van der Waals surface area contributed by atoms with Gasteiger partial charge >= 0.3 is 5.97 Å². The first-order chi connectivity index (χ1) is 10.1. The summed E-state index contributed by atoms with van der Waals surface area (Å²) in [7, 11) is 1.56. The van der Waals surface area contributed by atoms with E-state index < -0.39 is 12.0 Å². The second-order valence-electron chi connectivity index (χ2n) is 5.81. The molecule has 3 rings (SSSR count). The Morgan fingerprint density at radius 1 is 1.24 bits per heavy atom. The molecule has 1 aromatic rings. The number of amides is 1. The van der Waals surface area contributed by atoms with Crippen LogP contribution in [0, 0.1) is 5.92 Å². The average molecular weight is 289 g/mol. The fraction of sp³-hybridized carbons (Fsp3) is 0.500. The fourth-order valence-electron chi connectivity index (χ4n) is 3.41. The molecule has 1 fully saturated rings. The highest BCUT2D eigenvalue weighted by Gasteiger charge is 2.42. The Hall–Kier alpha value is -1.88. The van der Waals surface area contributed by atoms with Crippen LogP contribution in [0.1, 0.15) is 17.5 Å². The number of carbonyl (C=O) groups is 2. The summed E-state index contributed by atoms with van der Waals surface area (Å²) in [5.74, 6) is -1.14. The molecule has 1 aliphatic carbocycles. The number of benzene rings is 1. The average Bonchev–Trinajstić information content (AvgIpc) is 3.10. The number of methoxy groups -OCH3 is 1.